The quantitative estimate of drug-likeness (QED) is 0.603. The second kappa shape index (κ2) is 6.19. The summed E-state index contributed by atoms with van der Waals surface area (Å²) in [6.45, 7) is 4.36. The van der Waals surface area contributed by atoms with Gasteiger partial charge in [-0.1, -0.05) is 0 Å². The molecular formula is C14H18N2O2. The van der Waals surface area contributed by atoms with Crippen molar-refractivity contribution in [3.8, 4) is 0 Å². The third kappa shape index (κ3) is 3.32. The minimum absolute atomic E-state index is 0.318. The molecule has 4 nitrogen and oxygen atoms in total. The Morgan fingerprint density at radius 3 is 2.83 bits per heavy atom. The minimum Gasteiger partial charge on any atom is -0.463 e. The Hall–Kier alpha value is -1.84. The number of carbonyl (C=O) groups is 1. The zero-order chi connectivity index (χ0) is 12.8. The molecule has 0 saturated carbocycles. The summed E-state index contributed by atoms with van der Waals surface area (Å²) >= 11 is 0. The second-order valence-electron chi connectivity index (χ2n) is 4.23. The molecule has 2 rings (SSSR count). The number of ether oxygens (including phenoxy) is 1. The number of pyridine rings is 1. The maximum absolute atomic E-state index is 11.2. The fraction of sp³-hybridized carbons (Fsp3) is 0.429. The van der Waals surface area contributed by atoms with Gasteiger partial charge in [-0.3, -0.25) is 0 Å². The van der Waals surface area contributed by atoms with Crippen LogP contribution in [0.1, 0.15) is 25.3 Å². The van der Waals surface area contributed by atoms with E-state index in [1.54, 1.807) is 19.2 Å². The van der Waals surface area contributed by atoms with Crippen LogP contribution in [0.2, 0.25) is 0 Å². The van der Waals surface area contributed by atoms with Crippen molar-refractivity contribution in [2.45, 2.75) is 19.8 Å². The average molecular weight is 246 g/mol. The molecule has 4 heteroatoms. The van der Waals surface area contributed by atoms with Gasteiger partial charge in [-0.25, -0.2) is 9.78 Å². The van der Waals surface area contributed by atoms with Crippen LogP contribution in [0.4, 0.5) is 5.82 Å². The number of aromatic nitrogens is 1. The highest BCUT2D eigenvalue weighted by Gasteiger charge is 2.12. The molecule has 0 spiro atoms. The van der Waals surface area contributed by atoms with Crippen molar-refractivity contribution < 1.29 is 9.53 Å². The van der Waals surface area contributed by atoms with E-state index < -0.39 is 0 Å². The summed E-state index contributed by atoms with van der Waals surface area (Å²) in [5, 5.41) is 0. The van der Waals surface area contributed by atoms with Crippen LogP contribution in [0.5, 0.6) is 0 Å². The Balaban J connectivity index is 1.96. The monoisotopic (exact) mass is 246 g/mol. The fourth-order valence-electron chi connectivity index (χ4n) is 1.98. The van der Waals surface area contributed by atoms with Crippen molar-refractivity contribution in [1.29, 1.82) is 0 Å². The van der Waals surface area contributed by atoms with Crippen molar-refractivity contribution in [2.75, 3.05) is 24.6 Å². The lowest BCUT2D eigenvalue weighted by Gasteiger charge is -2.15. The van der Waals surface area contributed by atoms with E-state index in [0.29, 0.717) is 6.61 Å². The first-order valence-electron chi connectivity index (χ1n) is 6.35. The first-order valence-corrected chi connectivity index (χ1v) is 6.35. The van der Waals surface area contributed by atoms with Gasteiger partial charge in [0.15, 0.2) is 0 Å². The van der Waals surface area contributed by atoms with E-state index in [0.717, 1.165) is 24.5 Å². The molecule has 0 unspecified atom stereocenters. The van der Waals surface area contributed by atoms with Gasteiger partial charge in [-0.05, 0) is 43.5 Å². The van der Waals surface area contributed by atoms with Crippen LogP contribution in [-0.4, -0.2) is 30.6 Å². The summed E-state index contributed by atoms with van der Waals surface area (Å²) in [7, 11) is 0. The number of rotatable bonds is 4. The Labute approximate surface area is 107 Å². The van der Waals surface area contributed by atoms with Crippen molar-refractivity contribution in [1.82, 2.24) is 4.98 Å². The molecule has 18 heavy (non-hydrogen) atoms. The number of esters is 1. The third-order valence-electron chi connectivity index (χ3n) is 2.90. The van der Waals surface area contributed by atoms with Crippen molar-refractivity contribution in [2.24, 2.45) is 0 Å². The molecule has 0 amide bonds. The number of anilines is 1. The molecular weight excluding hydrogens is 228 g/mol. The van der Waals surface area contributed by atoms with Crippen LogP contribution in [-0.2, 0) is 9.53 Å². The van der Waals surface area contributed by atoms with Gasteiger partial charge in [0.1, 0.15) is 5.82 Å². The summed E-state index contributed by atoms with van der Waals surface area (Å²) < 4.78 is 4.81. The normalized spacial score (nSPS) is 15.3. The molecule has 1 aliphatic heterocycles. The molecule has 1 aromatic heterocycles. The van der Waals surface area contributed by atoms with Gasteiger partial charge in [0.05, 0.1) is 6.61 Å². The zero-order valence-corrected chi connectivity index (χ0v) is 10.6. The Morgan fingerprint density at radius 2 is 2.22 bits per heavy atom. The largest absolute Gasteiger partial charge is 0.463 e. The van der Waals surface area contributed by atoms with Crippen molar-refractivity contribution >= 4 is 17.9 Å². The Kier molecular flexibility index (Phi) is 4.34. The van der Waals surface area contributed by atoms with Gasteiger partial charge in [0.25, 0.3) is 0 Å². The van der Waals surface area contributed by atoms with E-state index in [9.17, 15) is 4.79 Å². The Morgan fingerprint density at radius 1 is 1.44 bits per heavy atom. The smallest absolute Gasteiger partial charge is 0.330 e. The lowest BCUT2D eigenvalue weighted by molar-refractivity contribution is -0.137. The zero-order valence-electron chi connectivity index (χ0n) is 10.6. The Bertz CT molecular complexity index is 420. The molecule has 0 N–H and O–H groups in total. The topological polar surface area (TPSA) is 42.4 Å². The van der Waals surface area contributed by atoms with Crippen LogP contribution in [0.25, 0.3) is 6.08 Å². The van der Waals surface area contributed by atoms with Crippen molar-refractivity contribution in [3.63, 3.8) is 0 Å². The van der Waals surface area contributed by atoms with Crippen LogP contribution in [0, 0.1) is 0 Å². The van der Waals surface area contributed by atoms with E-state index in [1.807, 2.05) is 12.1 Å². The second-order valence-corrected chi connectivity index (χ2v) is 4.23. The SMILES string of the molecule is CCOC(=O)C=Cc1ccc(N2CCCC2)nc1. The van der Waals surface area contributed by atoms with Gasteiger partial charge in [-0.2, -0.15) is 0 Å². The number of carbonyl (C=O) groups excluding carboxylic acids is 1. The van der Waals surface area contributed by atoms with Crippen LogP contribution in [0.15, 0.2) is 24.4 Å². The lowest BCUT2D eigenvalue weighted by Crippen LogP contribution is -2.18. The highest BCUT2D eigenvalue weighted by Crippen LogP contribution is 2.17. The number of hydrogen-bond donors (Lipinski definition) is 0. The van der Waals surface area contributed by atoms with Gasteiger partial charge in [-0.15, -0.1) is 0 Å². The molecule has 1 aromatic rings. The maximum Gasteiger partial charge on any atom is 0.330 e. The van der Waals surface area contributed by atoms with E-state index in [-0.39, 0.29) is 5.97 Å². The number of hydrogen-bond acceptors (Lipinski definition) is 4. The molecule has 1 saturated heterocycles. The summed E-state index contributed by atoms with van der Waals surface area (Å²) in [5.74, 6) is 0.696. The first kappa shape index (κ1) is 12.6. The summed E-state index contributed by atoms with van der Waals surface area (Å²) in [4.78, 5) is 17.8. The number of nitrogens with zero attached hydrogens (tertiary/aromatic N) is 2. The van der Waals surface area contributed by atoms with Crippen LogP contribution >= 0.6 is 0 Å². The van der Waals surface area contributed by atoms with Crippen LogP contribution in [0.3, 0.4) is 0 Å². The summed E-state index contributed by atoms with van der Waals surface area (Å²) in [6.07, 6.45) is 7.41. The molecule has 0 aliphatic carbocycles. The van der Waals surface area contributed by atoms with Gasteiger partial charge >= 0.3 is 5.97 Å². The highest BCUT2D eigenvalue weighted by atomic mass is 16.5. The summed E-state index contributed by atoms with van der Waals surface area (Å²) in [5.41, 5.74) is 0.908. The fourth-order valence-corrected chi connectivity index (χ4v) is 1.98. The van der Waals surface area contributed by atoms with E-state index in [2.05, 4.69) is 9.88 Å². The predicted molar refractivity (Wildman–Crippen MR) is 71.4 cm³/mol. The van der Waals surface area contributed by atoms with E-state index >= 15 is 0 Å². The van der Waals surface area contributed by atoms with Crippen molar-refractivity contribution in [3.05, 3.63) is 30.0 Å². The minimum atomic E-state index is -0.318. The standard InChI is InChI=1S/C14H18N2O2/c1-2-18-14(17)8-6-12-5-7-13(15-11-12)16-9-3-4-10-16/h5-8,11H,2-4,9-10H2,1H3. The summed E-state index contributed by atoms with van der Waals surface area (Å²) in [6, 6.07) is 3.96. The van der Waals surface area contributed by atoms with Gasteiger partial charge < -0.3 is 9.64 Å². The molecule has 0 atom stereocenters. The highest BCUT2D eigenvalue weighted by molar-refractivity contribution is 5.86. The maximum atomic E-state index is 11.2. The average Bonchev–Trinajstić information content (AvgIpc) is 2.91. The molecule has 0 aromatic carbocycles. The molecule has 0 bridgehead atoms. The molecule has 1 fully saturated rings. The van der Waals surface area contributed by atoms with Crippen LogP contribution < -0.4 is 4.90 Å². The van der Waals surface area contributed by atoms with Gasteiger partial charge in [0.2, 0.25) is 0 Å². The van der Waals surface area contributed by atoms with E-state index in [4.69, 9.17) is 4.74 Å². The van der Waals surface area contributed by atoms with E-state index in [1.165, 1.54) is 18.9 Å². The molecule has 2 heterocycles. The lowest BCUT2D eigenvalue weighted by atomic mass is 10.2. The third-order valence-corrected chi connectivity index (χ3v) is 2.90. The predicted octanol–water partition coefficient (Wildman–Crippen LogP) is 2.26. The molecule has 1 aliphatic rings. The molecule has 0 radical (unpaired) electrons. The molecule has 96 valence electrons. The first-order chi connectivity index (χ1) is 8.79. The van der Waals surface area contributed by atoms with Gasteiger partial charge in [0, 0.05) is 25.4 Å².